The van der Waals surface area contributed by atoms with Gasteiger partial charge in [0.1, 0.15) is 36.9 Å². The molecule has 30 heavy (non-hydrogen) atoms. The van der Waals surface area contributed by atoms with E-state index in [1.165, 1.54) is 22.3 Å². The fraction of sp³-hybridized carbons (Fsp3) is 0.308. The summed E-state index contributed by atoms with van der Waals surface area (Å²) in [5, 5.41) is 0. The summed E-state index contributed by atoms with van der Waals surface area (Å²) in [4.78, 5) is 0. The summed E-state index contributed by atoms with van der Waals surface area (Å²) < 4.78 is 21.8. The minimum Gasteiger partial charge on any atom is -0.491 e. The van der Waals surface area contributed by atoms with Crippen molar-refractivity contribution in [1.82, 2.24) is 0 Å². The first kappa shape index (κ1) is 19.2. The third-order valence-corrected chi connectivity index (χ3v) is 5.33. The number of ether oxygens (including phenoxy) is 4. The molecular weight excluding hydrogens is 376 g/mol. The van der Waals surface area contributed by atoms with E-state index in [-0.39, 0.29) is 12.2 Å². The first-order valence-corrected chi connectivity index (χ1v) is 10.5. The third-order valence-electron chi connectivity index (χ3n) is 5.33. The summed E-state index contributed by atoms with van der Waals surface area (Å²) in [5.74, 6) is 1.81. The van der Waals surface area contributed by atoms with Crippen molar-refractivity contribution in [2.24, 2.45) is 0 Å². The number of hydrogen-bond donors (Lipinski definition) is 0. The molecule has 154 valence electrons. The van der Waals surface area contributed by atoms with Crippen LogP contribution in [0, 0.1) is 0 Å². The largest absolute Gasteiger partial charge is 0.491 e. The second kappa shape index (κ2) is 8.90. The van der Waals surface area contributed by atoms with Gasteiger partial charge in [-0.2, -0.15) is 0 Å². The van der Waals surface area contributed by atoms with Crippen molar-refractivity contribution in [3.63, 3.8) is 0 Å². The number of rotatable bonds is 10. The van der Waals surface area contributed by atoms with E-state index < -0.39 is 0 Å². The highest BCUT2D eigenvalue weighted by molar-refractivity contribution is 5.36. The lowest BCUT2D eigenvalue weighted by Gasteiger charge is -2.09. The van der Waals surface area contributed by atoms with Crippen LogP contribution in [0.25, 0.3) is 0 Å². The highest BCUT2D eigenvalue weighted by Crippen LogP contribution is 2.20. The molecule has 2 fully saturated rings. The SMILES string of the molecule is c1cc(Cc2ccc(OCC3CO3)cc2)cc(Cc2ccc(OCC3CO3)cc2)c1. The molecular formula is C26H26O4. The highest BCUT2D eigenvalue weighted by atomic mass is 16.6. The molecule has 4 nitrogen and oxygen atoms in total. The molecule has 2 aliphatic rings. The average Bonchev–Trinajstić information content (AvgIpc) is 3.69. The Kier molecular flexibility index (Phi) is 5.69. The molecule has 3 aromatic carbocycles. The van der Waals surface area contributed by atoms with Gasteiger partial charge in [-0.25, -0.2) is 0 Å². The topological polar surface area (TPSA) is 43.5 Å². The zero-order chi connectivity index (χ0) is 20.2. The Balaban J connectivity index is 1.16. The van der Waals surface area contributed by atoms with E-state index >= 15 is 0 Å². The minimum absolute atomic E-state index is 0.286. The molecule has 0 bridgehead atoms. The van der Waals surface area contributed by atoms with Gasteiger partial charge in [-0.05, 0) is 59.4 Å². The van der Waals surface area contributed by atoms with Crippen molar-refractivity contribution in [1.29, 1.82) is 0 Å². The Labute approximate surface area is 177 Å². The molecule has 0 aliphatic carbocycles. The Morgan fingerprint density at radius 3 is 1.43 bits per heavy atom. The Morgan fingerprint density at radius 2 is 1.03 bits per heavy atom. The zero-order valence-electron chi connectivity index (χ0n) is 17.0. The molecule has 5 rings (SSSR count). The van der Waals surface area contributed by atoms with Crippen molar-refractivity contribution >= 4 is 0 Å². The highest BCUT2D eigenvalue weighted by Gasteiger charge is 2.23. The van der Waals surface area contributed by atoms with Gasteiger partial charge in [-0.3, -0.25) is 0 Å². The van der Waals surface area contributed by atoms with Crippen LogP contribution in [-0.2, 0) is 22.3 Å². The second-order valence-corrected chi connectivity index (χ2v) is 7.99. The maximum atomic E-state index is 5.72. The molecule has 4 heteroatoms. The summed E-state index contributed by atoms with van der Waals surface area (Å²) in [5.41, 5.74) is 5.19. The summed E-state index contributed by atoms with van der Waals surface area (Å²) >= 11 is 0. The van der Waals surface area contributed by atoms with Crippen LogP contribution in [0.2, 0.25) is 0 Å². The fourth-order valence-corrected chi connectivity index (χ4v) is 3.43. The Morgan fingerprint density at radius 1 is 0.600 bits per heavy atom. The van der Waals surface area contributed by atoms with Gasteiger partial charge in [0, 0.05) is 0 Å². The quantitative estimate of drug-likeness (QED) is 0.471. The molecule has 0 amide bonds. The van der Waals surface area contributed by atoms with E-state index in [0.717, 1.165) is 37.6 Å². The maximum absolute atomic E-state index is 5.72. The van der Waals surface area contributed by atoms with Crippen molar-refractivity contribution in [3.05, 3.63) is 95.1 Å². The number of hydrogen-bond acceptors (Lipinski definition) is 4. The van der Waals surface area contributed by atoms with E-state index in [9.17, 15) is 0 Å². The van der Waals surface area contributed by atoms with E-state index in [0.29, 0.717) is 13.2 Å². The van der Waals surface area contributed by atoms with Gasteiger partial charge in [0.15, 0.2) is 0 Å². The van der Waals surface area contributed by atoms with Crippen LogP contribution < -0.4 is 9.47 Å². The van der Waals surface area contributed by atoms with E-state index in [1.807, 2.05) is 24.3 Å². The van der Waals surface area contributed by atoms with E-state index in [4.69, 9.17) is 18.9 Å². The maximum Gasteiger partial charge on any atom is 0.119 e. The van der Waals surface area contributed by atoms with Crippen molar-refractivity contribution in [2.45, 2.75) is 25.0 Å². The smallest absolute Gasteiger partial charge is 0.119 e. The third kappa shape index (κ3) is 5.62. The predicted molar refractivity (Wildman–Crippen MR) is 115 cm³/mol. The molecule has 2 aliphatic heterocycles. The van der Waals surface area contributed by atoms with Crippen LogP contribution in [0.3, 0.4) is 0 Å². The zero-order valence-corrected chi connectivity index (χ0v) is 17.0. The van der Waals surface area contributed by atoms with E-state index in [1.54, 1.807) is 0 Å². The lowest BCUT2D eigenvalue weighted by atomic mass is 9.99. The minimum atomic E-state index is 0.286. The first-order chi connectivity index (χ1) is 14.8. The fourth-order valence-electron chi connectivity index (χ4n) is 3.43. The lowest BCUT2D eigenvalue weighted by Crippen LogP contribution is -2.04. The van der Waals surface area contributed by atoms with Crippen LogP contribution in [0.1, 0.15) is 22.3 Å². The second-order valence-electron chi connectivity index (χ2n) is 7.99. The molecule has 2 unspecified atom stereocenters. The molecule has 0 spiro atoms. The lowest BCUT2D eigenvalue weighted by molar-refractivity contribution is 0.263. The monoisotopic (exact) mass is 402 g/mol. The van der Waals surface area contributed by atoms with Crippen molar-refractivity contribution in [2.75, 3.05) is 26.4 Å². The van der Waals surface area contributed by atoms with Crippen molar-refractivity contribution in [3.8, 4) is 11.5 Å². The van der Waals surface area contributed by atoms with Crippen LogP contribution in [0.15, 0.2) is 72.8 Å². The van der Waals surface area contributed by atoms with Gasteiger partial charge in [0.2, 0.25) is 0 Å². The van der Waals surface area contributed by atoms with E-state index in [2.05, 4.69) is 48.5 Å². The first-order valence-electron chi connectivity index (χ1n) is 10.5. The molecule has 2 heterocycles. The summed E-state index contributed by atoms with van der Waals surface area (Å²) in [6, 6.07) is 25.5. The molecule has 0 N–H and O–H groups in total. The number of epoxide rings is 2. The molecule has 2 saturated heterocycles. The van der Waals surface area contributed by atoms with Crippen LogP contribution in [0.5, 0.6) is 11.5 Å². The van der Waals surface area contributed by atoms with Crippen molar-refractivity contribution < 1.29 is 18.9 Å². The van der Waals surface area contributed by atoms with Crippen LogP contribution in [0.4, 0.5) is 0 Å². The predicted octanol–water partition coefficient (Wildman–Crippen LogP) is 4.42. The Hall–Kier alpha value is -2.82. The van der Waals surface area contributed by atoms with Gasteiger partial charge in [0.05, 0.1) is 13.2 Å². The van der Waals surface area contributed by atoms with Crippen LogP contribution in [-0.4, -0.2) is 38.6 Å². The number of benzene rings is 3. The molecule has 3 aromatic rings. The van der Waals surface area contributed by atoms with Gasteiger partial charge in [0.25, 0.3) is 0 Å². The summed E-state index contributed by atoms with van der Waals surface area (Å²) in [6.07, 6.45) is 2.40. The van der Waals surface area contributed by atoms with Gasteiger partial charge < -0.3 is 18.9 Å². The summed E-state index contributed by atoms with van der Waals surface area (Å²) in [7, 11) is 0. The normalized spacial score (nSPS) is 19.3. The standard InChI is InChI=1S/C26H26O4/c1-2-21(12-19-4-8-23(9-5-19)27-15-25-17-29-25)14-22(3-1)13-20-6-10-24(11-7-20)28-16-26-18-30-26/h1-11,14,25-26H,12-13,15-18H2. The van der Waals surface area contributed by atoms with Crippen LogP contribution >= 0.6 is 0 Å². The summed E-state index contributed by atoms with van der Waals surface area (Å²) in [6.45, 7) is 2.93. The Bertz CT molecular complexity index is 880. The molecule has 0 aromatic heterocycles. The molecule has 0 saturated carbocycles. The molecule has 2 atom stereocenters. The van der Waals surface area contributed by atoms with Gasteiger partial charge >= 0.3 is 0 Å². The molecule has 0 radical (unpaired) electrons. The van der Waals surface area contributed by atoms with Gasteiger partial charge in [-0.15, -0.1) is 0 Å². The van der Waals surface area contributed by atoms with Gasteiger partial charge in [-0.1, -0.05) is 48.5 Å². The average molecular weight is 402 g/mol.